The number of nitrogens with one attached hydrogen (secondary N) is 2. The Morgan fingerprint density at radius 3 is 2.00 bits per heavy atom. The first-order valence-electron chi connectivity index (χ1n) is 7.96. The van der Waals surface area contributed by atoms with E-state index < -0.39 is 0 Å². The zero-order valence-corrected chi connectivity index (χ0v) is 13.6. The van der Waals surface area contributed by atoms with Crippen LogP contribution in [0.5, 0.6) is 0 Å². The van der Waals surface area contributed by atoms with E-state index in [2.05, 4.69) is 10.6 Å². The molecule has 0 radical (unpaired) electrons. The Hall–Kier alpha value is -3.07. The summed E-state index contributed by atoms with van der Waals surface area (Å²) in [7, 11) is 0. The molecule has 2 N–H and O–H groups in total. The Balaban J connectivity index is 1.57. The Labute approximate surface area is 142 Å². The Morgan fingerprint density at radius 1 is 0.750 bits per heavy atom. The molecule has 0 spiro atoms. The van der Waals surface area contributed by atoms with Gasteiger partial charge in [-0.05, 0) is 48.9 Å². The lowest BCUT2D eigenvalue weighted by Crippen LogP contribution is -2.14. The molecule has 0 aliphatic rings. The molecule has 3 rings (SSSR count). The molecule has 3 heteroatoms. The number of amides is 1. The van der Waals surface area contributed by atoms with Gasteiger partial charge in [0.2, 0.25) is 5.91 Å². The van der Waals surface area contributed by atoms with Crippen LogP contribution in [-0.2, 0) is 11.2 Å². The molecule has 120 valence electrons. The van der Waals surface area contributed by atoms with Gasteiger partial charge in [0.15, 0.2) is 0 Å². The SMILES string of the molecule is Cc1ccc(CC(=O)Nc2ccc(Nc3ccccc3)cc2)cc1. The van der Waals surface area contributed by atoms with E-state index in [1.54, 1.807) is 0 Å². The Bertz CT molecular complexity index is 794. The molecule has 0 saturated heterocycles. The van der Waals surface area contributed by atoms with Crippen LogP contribution < -0.4 is 10.6 Å². The fourth-order valence-corrected chi connectivity index (χ4v) is 2.42. The lowest BCUT2D eigenvalue weighted by molar-refractivity contribution is -0.115. The van der Waals surface area contributed by atoms with Crippen LogP contribution in [0.1, 0.15) is 11.1 Å². The molecule has 24 heavy (non-hydrogen) atoms. The van der Waals surface area contributed by atoms with E-state index >= 15 is 0 Å². The molecule has 0 unspecified atom stereocenters. The van der Waals surface area contributed by atoms with E-state index in [4.69, 9.17) is 0 Å². The summed E-state index contributed by atoms with van der Waals surface area (Å²) in [6, 6.07) is 25.7. The summed E-state index contributed by atoms with van der Waals surface area (Å²) in [5.74, 6) is -0.0115. The Kier molecular flexibility index (Phi) is 4.92. The molecule has 0 aliphatic heterocycles. The zero-order chi connectivity index (χ0) is 16.8. The van der Waals surface area contributed by atoms with Crippen molar-refractivity contribution in [1.29, 1.82) is 0 Å². The molecule has 0 aliphatic carbocycles. The van der Waals surface area contributed by atoms with Crippen molar-refractivity contribution in [2.24, 2.45) is 0 Å². The number of rotatable bonds is 5. The summed E-state index contributed by atoms with van der Waals surface area (Å²) >= 11 is 0. The highest BCUT2D eigenvalue weighted by molar-refractivity contribution is 5.92. The van der Waals surface area contributed by atoms with Crippen molar-refractivity contribution in [3.8, 4) is 0 Å². The van der Waals surface area contributed by atoms with Gasteiger partial charge in [-0.3, -0.25) is 4.79 Å². The third kappa shape index (κ3) is 4.46. The predicted molar refractivity (Wildman–Crippen MR) is 99.7 cm³/mol. The van der Waals surface area contributed by atoms with Crippen LogP contribution in [0.3, 0.4) is 0 Å². The first-order chi connectivity index (χ1) is 11.7. The van der Waals surface area contributed by atoms with E-state index in [9.17, 15) is 4.79 Å². The van der Waals surface area contributed by atoms with Crippen LogP contribution in [0.25, 0.3) is 0 Å². The minimum Gasteiger partial charge on any atom is -0.356 e. The summed E-state index contributed by atoms with van der Waals surface area (Å²) in [5, 5.41) is 6.25. The molecule has 0 fully saturated rings. The van der Waals surface area contributed by atoms with Gasteiger partial charge in [0, 0.05) is 17.1 Å². The predicted octanol–water partition coefficient (Wildman–Crippen LogP) is 4.92. The topological polar surface area (TPSA) is 41.1 Å². The first-order valence-corrected chi connectivity index (χ1v) is 7.96. The third-order valence-electron chi connectivity index (χ3n) is 3.72. The minimum atomic E-state index is -0.0115. The van der Waals surface area contributed by atoms with Crippen molar-refractivity contribution in [3.05, 3.63) is 90.0 Å². The summed E-state index contributed by atoms with van der Waals surface area (Å²) in [6.07, 6.45) is 0.379. The highest BCUT2D eigenvalue weighted by Crippen LogP contribution is 2.18. The fraction of sp³-hybridized carbons (Fsp3) is 0.0952. The van der Waals surface area contributed by atoms with Crippen molar-refractivity contribution >= 4 is 23.0 Å². The summed E-state index contributed by atoms with van der Waals surface area (Å²) < 4.78 is 0. The van der Waals surface area contributed by atoms with E-state index in [1.165, 1.54) is 5.56 Å². The number of benzene rings is 3. The summed E-state index contributed by atoms with van der Waals surface area (Å²) in [5.41, 5.74) is 5.03. The molecule has 0 atom stereocenters. The van der Waals surface area contributed by atoms with Crippen molar-refractivity contribution < 1.29 is 4.79 Å². The van der Waals surface area contributed by atoms with E-state index in [1.807, 2.05) is 85.8 Å². The average Bonchev–Trinajstić information content (AvgIpc) is 2.60. The molecule has 0 saturated carbocycles. The zero-order valence-electron chi connectivity index (χ0n) is 13.6. The molecule has 0 heterocycles. The van der Waals surface area contributed by atoms with E-state index in [0.717, 1.165) is 22.6 Å². The quantitative estimate of drug-likeness (QED) is 0.701. The molecule has 3 aromatic rings. The largest absolute Gasteiger partial charge is 0.356 e. The van der Waals surface area contributed by atoms with Crippen molar-refractivity contribution in [2.45, 2.75) is 13.3 Å². The normalized spacial score (nSPS) is 10.2. The monoisotopic (exact) mass is 316 g/mol. The molecular formula is C21H20N2O. The maximum Gasteiger partial charge on any atom is 0.228 e. The molecule has 1 amide bonds. The van der Waals surface area contributed by atoms with Gasteiger partial charge in [-0.25, -0.2) is 0 Å². The van der Waals surface area contributed by atoms with Gasteiger partial charge in [0.1, 0.15) is 0 Å². The van der Waals surface area contributed by atoms with Crippen LogP contribution >= 0.6 is 0 Å². The molecular weight excluding hydrogens is 296 g/mol. The van der Waals surface area contributed by atoms with Crippen LogP contribution in [0.4, 0.5) is 17.1 Å². The summed E-state index contributed by atoms with van der Waals surface area (Å²) in [6.45, 7) is 2.04. The smallest absolute Gasteiger partial charge is 0.228 e. The number of aryl methyl sites for hydroxylation is 1. The van der Waals surface area contributed by atoms with Crippen molar-refractivity contribution in [3.63, 3.8) is 0 Å². The van der Waals surface area contributed by atoms with Gasteiger partial charge in [0.25, 0.3) is 0 Å². The number of carbonyl (C=O) groups is 1. The van der Waals surface area contributed by atoms with E-state index in [0.29, 0.717) is 6.42 Å². The number of anilines is 3. The van der Waals surface area contributed by atoms with Crippen molar-refractivity contribution in [2.75, 3.05) is 10.6 Å². The molecule has 3 nitrogen and oxygen atoms in total. The van der Waals surface area contributed by atoms with Crippen LogP contribution in [-0.4, -0.2) is 5.91 Å². The molecule has 3 aromatic carbocycles. The van der Waals surface area contributed by atoms with Crippen LogP contribution in [0, 0.1) is 6.92 Å². The molecule has 0 bridgehead atoms. The van der Waals surface area contributed by atoms with Gasteiger partial charge in [-0.2, -0.15) is 0 Å². The second kappa shape index (κ2) is 7.47. The number of hydrogen-bond donors (Lipinski definition) is 2. The standard InChI is InChI=1S/C21H20N2O/c1-16-7-9-17(10-8-16)15-21(24)23-20-13-11-19(12-14-20)22-18-5-3-2-4-6-18/h2-14,22H,15H2,1H3,(H,23,24). The second-order valence-corrected chi connectivity index (χ2v) is 5.78. The lowest BCUT2D eigenvalue weighted by Gasteiger charge is -2.09. The maximum absolute atomic E-state index is 12.1. The average molecular weight is 316 g/mol. The minimum absolute atomic E-state index is 0.0115. The van der Waals surface area contributed by atoms with E-state index in [-0.39, 0.29) is 5.91 Å². The van der Waals surface area contributed by atoms with Gasteiger partial charge >= 0.3 is 0 Å². The third-order valence-corrected chi connectivity index (χ3v) is 3.72. The molecule has 0 aromatic heterocycles. The van der Waals surface area contributed by atoms with Crippen molar-refractivity contribution in [1.82, 2.24) is 0 Å². The maximum atomic E-state index is 12.1. The number of para-hydroxylation sites is 1. The Morgan fingerprint density at radius 2 is 1.33 bits per heavy atom. The fourth-order valence-electron chi connectivity index (χ4n) is 2.42. The highest BCUT2D eigenvalue weighted by atomic mass is 16.1. The van der Waals surface area contributed by atoms with Gasteiger partial charge in [-0.1, -0.05) is 48.0 Å². The van der Waals surface area contributed by atoms with Gasteiger partial charge < -0.3 is 10.6 Å². The number of hydrogen-bond acceptors (Lipinski definition) is 2. The summed E-state index contributed by atoms with van der Waals surface area (Å²) in [4.78, 5) is 12.1. The number of carbonyl (C=O) groups excluding carboxylic acids is 1. The first kappa shape index (κ1) is 15.8. The van der Waals surface area contributed by atoms with Crippen LogP contribution in [0.15, 0.2) is 78.9 Å². The lowest BCUT2D eigenvalue weighted by atomic mass is 10.1. The van der Waals surface area contributed by atoms with Crippen LogP contribution in [0.2, 0.25) is 0 Å². The van der Waals surface area contributed by atoms with Gasteiger partial charge in [-0.15, -0.1) is 0 Å². The highest BCUT2D eigenvalue weighted by Gasteiger charge is 2.04. The van der Waals surface area contributed by atoms with Gasteiger partial charge in [0.05, 0.1) is 6.42 Å². The second-order valence-electron chi connectivity index (χ2n) is 5.78.